The van der Waals surface area contributed by atoms with Gasteiger partial charge in [-0.15, -0.1) is 0 Å². The van der Waals surface area contributed by atoms with Gasteiger partial charge in [-0.2, -0.15) is 15.0 Å². The van der Waals surface area contributed by atoms with Crippen molar-refractivity contribution in [1.29, 1.82) is 0 Å². The molecule has 0 fully saturated rings. The quantitative estimate of drug-likeness (QED) is 0.819. The normalized spacial score (nSPS) is 12.0. The van der Waals surface area contributed by atoms with E-state index < -0.39 is 0 Å². The van der Waals surface area contributed by atoms with Crippen molar-refractivity contribution in [1.82, 2.24) is 15.0 Å². The van der Waals surface area contributed by atoms with E-state index in [1.54, 1.807) is 0 Å². The highest BCUT2D eigenvalue weighted by molar-refractivity contribution is 6.28. The lowest BCUT2D eigenvalue weighted by Crippen LogP contribution is -2.11. The summed E-state index contributed by atoms with van der Waals surface area (Å²) in [6, 6.07) is 10.5. The van der Waals surface area contributed by atoms with Crippen molar-refractivity contribution >= 4 is 23.5 Å². The van der Waals surface area contributed by atoms with Crippen LogP contribution in [-0.2, 0) is 0 Å². The van der Waals surface area contributed by atoms with Crippen LogP contribution in [0, 0.1) is 0 Å². The molecular weight excluding hydrogens is 286 g/mol. The van der Waals surface area contributed by atoms with Crippen LogP contribution < -0.4 is 10.6 Å². The van der Waals surface area contributed by atoms with Gasteiger partial charge in [0.25, 0.3) is 0 Å². The second-order valence-electron chi connectivity index (χ2n) is 4.81. The van der Waals surface area contributed by atoms with Crippen LogP contribution in [0.5, 0.6) is 0 Å². The predicted octanol–water partition coefficient (Wildman–Crippen LogP) is 3.56. The monoisotopic (exact) mass is 305 g/mol. The van der Waals surface area contributed by atoms with E-state index in [-0.39, 0.29) is 5.28 Å². The van der Waals surface area contributed by atoms with Crippen LogP contribution in [0.15, 0.2) is 30.3 Å². The number of benzene rings is 1. The molecule has 21 heavy (non-hydrogen) atoms. The molecule has 0 saturated heterocycles. The van der Waals surface area contributed by atoms with Gasteiger partial charge in [0.2, 0.25) is 17.2 Å². The summed E-state index contributed by atoms with van der Waals surface area (Å²) in [6.45, 7) is 5.71. The number of aromatic nitrogens is 3. The second kappa shape index (κ2) is 7.78. The first kappa shape index (κ1) is 15.5. The van der Waals surface area contributed by atoms with E-state index in [1.807, 2.05) is 13.0 Å². The second-order valence-corrected chi connectivity index (χ2v) is 5.15. The Morgan fingerprint density at radius 2 is 1.71 bits per heavy atom. The fourth-order valence-corrected chi connectivity index (χ4v) is 2.18. The Kier molecular flexibility index (Phi) is 5.75. The number of rotatable bonds is 7. The zero-order chi connectivity index (χ0) is 15.1. The maximum absolute atomic E-state index is 5.88. The number of nitrogens with one attached hydrogen (secondary N) is 2. The van der Waals surface area contributed by atoms with Gasteiger partial charge in [-0.1, -0.05) is 37.3 Å². The van der Waals surface area contributed by atoms with Crippen LogP contribution in [0.4, 0.5) is 11.9 Å². The molecule has 5 nitrogen and oxygen atoms in total. The molecule has 1 atom stereocenters. The smallest absolute Gasteiger partial charge is 0.228 e. The molecule has 1 aromatic carbocycles. The van der Waals surface area contributed by atoms with Gasteiger partial charge in [0.05, 0.1) is 0 Å². The Balaban J connectivity index is 1.88. The molecule has 2 N–H and O–H groups in total. The maximum Gasteiger partial charge on any atom is 0.228 e. The Hall–Kier alpha value is -1.88. The largest absolute Gasteiger partial charge is 0.354 e. The molecule has 0 aliphatic heterocycles. The molecule has 6 heteroatoms. The lowest BCUT2D eigenvalue weighted by atomic mass is 9.98. The Morgan fingerprint density at radius 1 is 1.05 bits per heavy atom. The van der Waals surface area contributed by atoms with Crippen LogP contribution >= 0.6 is 11.6 Å². The summed E-state index contributed by atoms with van der Waals surface area (Å²) in [7, 11) is 0. The van der Waals surface area contributed by atoms with Crippen molar-refractivity contribution in [3.8, 4) is 0 Å². The fraction of sp³-hybridized carbons (Fsp3) is 0.400. The van der Waals surface area contributed by atoms with Crippen LogP contribution in [0.25, 0.3) is 0 Å². The number of nitrogens with zero attached hydrogens (tertiary/aromatic N) is 3. The summed E-state index contributed by atoms with van der Waals surface area (Å²) in [5.74, 6) is 1.48. The van der Waals surface area contributed by atoms with Crippen molar-refractivity contribution in [2.75, 3.05) is 23.7 Å². The van der Waals surface area contributed by atoms with Crippen molar-refractivity contribution in [3.63, 3.8) is 0 Å². The number of hydrogen-bond donors (Lipinski definition) is 2. The van der Waals surface area contributed by atoms with Gasteiger partial charge in [0.15, 0.2) is 0 Å². The minimum Gasteiger partial charge on any atom is -0.354 e. The minimum absolute atomic E-state index is 0.194. The summed E-state index contributed by atoms with van der Waals surface area (Å²) in [5, 5.41) is 6.42. The third-order valence-corrected chi connectivity index (χ3v) is 3.34. The minimum atomic E-state index is 0.194. The standard InChI is InChI=1S/C15H20ClN5/c1-3-17-14-19-13(16)20-15(21-14)18-10-9-11(2)12-7-5-4-6-8-12/h4-8,11H,3,9-10H2,1-2H3,(H2,17,18,19,20,21). The van der Waals surface area contributed by atoms with E-state index in [1.165, 1.54) is 5.56 Å². The molecule has 0 aliphatic rings. The summed E-state index contributed by atoms with van der Waals surface area (Å²) in [4.78, 5) is 12.3. The van der Waals surface area contributed by atoms with E-state index in [9.17, 15) is 0 Å². The number of hydrogen-bond acceptors (Lipinski definition) is 5. The predicted molar refractivity (Wildman–Crippen MR) is 87.0 cm³/mol. The molecule has 1 unspecified atom stereocenters. The molecule has 0 aliphatic carbocycles. The average molecular weight is 306 g/mol. The van der Waals surface area contributed by atoms with Gasteiger partial charge in [-0.05, 0) is 36.4 Å². The highest BCUT2D eigenvalue weighted by Gasteiger charge is 2.07. The van der Waals surface area contributed by atoms with Crippen molar-refractivity contribution in [2.24, 2.45) is 0 Å². The third kappa shape index (κ3) is 4.86. The van der Waals surface area contributed by atoms with Gasteiger partial charge in [0.1, 0.15) is 0 Å². The topological polar surface area (TPSA) is 62.7 Å². The van der Waals surface area contributed by atoms with Crippen LogP contribution in [-0.4, -0.2) is 28.0 Å². The summed E-state index contributed by atoms with van der Waals surface area (Å²) >= 11 is 5.88. The maximum atomic E-state index is 5.88. The van der Waals surface area contributed by atoms with Crippen LogP contribution in [0.1, 0.15) is 31.7 Å². The molecule has 2 rings (SSSR count). The van der Waals surface area contributed by atoms with Crippen molar-refractivity contribution in [3.05, 3.63) is 41.2 Å². The van der Waals surface area contributed by atoms with Crippen molar-refractivity contribution in [2.45, 2.75) is 26.2 Å². The Labute approximate surface area is 130 Å². The summed E-state index contributed by atoms with van der Waals surface area (Å²) in [5.41, 5.74) is 1.33. The third-order valence-electron chi connectivity index (χ3n) is 3.17. The molecule has 1 aromatic heterocycles. The molecule has 0 amide bonds. The first-order valence-electron chi connectivity index (χ1n) is 7.13. The number of halogens is 1. The van der Waals surface area contributed by atoms with Crippen LogP contribution in [0.3, 0.4) is 0 Å². The van der Waals surface area contributed by atoms with E-state index in [4.69, 9.17) is 11.6 Å². The molecule has 2 aromatic rings. The van der Waals surface area contributed by atoms with E-state index >= 15 is 0 Å². The Bertz CT molecular complexity index is 561. The summed E-state index contributed by atoms with van der Waals surface area (Å²) in [6.07, 6.45) is 0.990. The van der Waals surface area contributed by atoms with Gasteiger partial charge in [0, 0.05) is 13.1 Å². The molecule has 0 saturated carbocycles. The molecule has 112 valence electrons. The molecule has 0 bridgehead atoms. The lowest BCUT2D eigenvalue weighted by Gasteiger charge is -2.12. The van der Waals surface area contributed by atoms with E-state index in [2.05, 4.69) is 56.8 Å². The zero-order valence-electron chi connectivity index (χ0n) is 12.3. The van der Waals surface area contributed by atoms with Crippen LogP contribution in [0.2, 0.25) is 5.28 Å². The van der Waals surface area contributed by atoms with Gasteiger partial charge in [-0.25, -0.2) is 0 Å². The molecular formula is C15H20ClN5. The number of anilines is 2. The lowest BCUT2D eigenvalue weighted by molar-refractivity contribution is 0.703. The first-order valence-corrected chi connectivity index (χ1v) is 7.51. The average Bonchev–Trinajstić information content (AvgIpc) is 2.48. The van der Waals surface area contributed by atoms with Gasteiger partial charge in [-0.3, -0.25) is 0 Å². The molecule has 0 spiro atoms. The zero-order valence-corrected chi connectivity index (χ0v) is 13.1. The highest BCUT2D eigenvalue weighted by Crippen LogP contribution is 2.18. The summed E-state index contributed by atoms with van der Waals surface area (Å²) < 4.78 is 0. The fourth-order valence-electron chi connectivity index (χ4n) is 2.02. The SMILES string of the molecule is CCNc1nc(Cl)nc(NCCC(C)c2ccccc2)n1. The van der Waals surface area contributed by atoms with Gasteiger partial charge < -0.3 is 10.6 Å². The van der Waals surface area contributed by atoms with E-state index in [0.717, 1.165) is 19.5 Å². The molecule has 0 radical (unpaired) electrons. The molecule has 1 heterocycles. The highest BCUT2D eigenvalue weighted by atomic mass is 35.5. The van der Waals surface area contributed by atoms with Crippen molar-refractivity contribution < 1.29 is 0 Å². The Morgan fingerprint density at radius 3 is 2.38 bits per heavy atom. The van der Waals surface area contributed by atoms with Gasteiger partial charge >= 0.3 is 0 Å². The first-order chi connectivity index (χ1) is 10.2. The van der Waals surface area contributed by atoms with E-state index in [0.29, 0.717) is 17.8 Å².